The van der Waals surface area contributed by atoms with Gasteiger partial charge in [0.25, 0.3) is 0 Å². The zero-order valence-electron chi connectivity index (χ0n) is 20.0. The number of nitrogens with one attached hydrogen (secondary N) is 3. The first kappa shape index (κ1) is 23.3. The fraction of sp³-hybridized carbons (Fsp3) is 0.500. The molecule has 1 saturated carbocycles. The van der Waals surface area contributed by atoms with Crippen molar-refractivity contribution in [2.24, 2.45) is 5.73 Å². The van der Waals surface area contributed by atoms with Crippen LogP contribution in [0.4, 0.5) is 23.1 Å². The molecular weight excluding hydrogens is 446 g/mol. The number of ether oxygens (including phenoxy) is 1. The Bertz CT molecular complexity index is 1150. The number of H-pyrrole nitrogens is 1. The Labute approximate surface area is 204 Å². The Kier molecular flexibility index (Phi) is 6.96. The molecule has 2 aliphatic rings. The van der Waals surface area contributed by atoms with E-state index in [-0.39, 0.29) is 0 Å². The molecule has 2 aromatic heterocycles. The van der Waals surface area contributed by atoms with E-state index < -0.39 is 6.17 Å². The van der Waals surface area contributed by atoms with E-state index >= 15 is 0 Å². The number of fused-ring (bicyclic) bond motifs is 1. The minimum Gasteiger partial charge on any atom is -0.494 e. The lowest BCUT2D eigenvalue weighted by atomic mass is 9.95. The number of carbonyl (C=O) groups is 1. The number of anilines is 4. The molecule has 5 rings (SSSR count). The van der Waals surface area contributed by atoms with Crippen molar-refractivity contribution in [3.05, 3.63) is 24.5 Å². The highest BCUT2D eigenvalue weighted by Crippen LogP contribution is 2.33. The van der Waals surface area contributed by atoms with Crippen LogP contribution in [0.5, 0.6) is 5.75 Å². The van der Waals surface area contributed by atoms with E-state index in [0.29, 0.717) is 23.4 Å². The maximum atomic E-state index is 11.0. The van der Waals surface area contributed by atoms with Crippen molar-refractivity contribution in [3.8, 4) is 5.75 Å². The molecule has 0 spiro atoms. The molecule has 0 radical (unpaired) electrons. The van der Waals surface area contributed by atoms with E-state index in [2.05, 4.69) is 36.6 Å². The topological polar surface area (TPSA) is 137 Å². The fourth-order valence-corrected chi connectivity index (χ4v) is 4.90. The van der Waals surface area contributed by atoms with Crippen molar-refractivity contribution in [1.82, 2.24) is 24.8 Å². The molecule has 0 bridgehead atoms. The van der Waals surface area contributed by atoms with Gasteiger partial charge < -0.3 is 35.8 Å². The van der Waals surface area contributed by atoms with Gasteiger partial charge in [-0.1, -0.05) is 19.3 Å². The first-order valence-electron chi connectivity index (χ1n) is 12.3. The van der Waals surface area contributed by atoms with Crippen molar-refractivity contribution >= 4 is 40.6 Å². The van der Waals surface area contributed by atoms with Crippen molar-refractivity contribution in [2.75, 3.05) is 48.8 Å². The molecule has 35 heavy (non-hydrogen) atoms. The van der Waals surface area contributed by atoms with Gasteiger partial charge in [0.2, 0.25) is 5.95 Å². The Morgan fingerprint density at radius 1 is 1.17 bits per heavy atom. The summed E-state index contributed by atoms with van der Waals surface area (Å²) in [5.74, 6) is 1.93. The van der Waals surface area contributed by atoms with Gasteiger partial charge in [0, 0.05) is 44.0 Å². The van der Waals surface area contributed by atoms with Gasteiger partial charge in [-0.2, -0.15) is 9.97 Å². The standard InChI is InChI=1S/C24H33N9O2/c1-35-19-13-17(32-9-11-33(12-10-32)20(25)14-34)7-8-18(19)29-24-30-22-21(26-15-27-22)23(31-24)28-16-5-3-2-4-6-16/h7-8,13-16,20H,2-6,9-12,25H2,1H3,(H3,26,27,28,29,30,31). The summed E-state index contributed by atoms with van der Waals surface area (Å²) in [7, 11) is 1.65. The number of nitrogens with zero attached hydrogens (tertiary/aromatic N) is 5. The fourth-order valence-electron chi connectivity index (χ4n) is 4.90. The van der Waals surface area contributed by atoms with Crippen LogP contribution in [0.3, 0.4) is 0 Å². The number of imidazole rings is 1. The number of methoxy groups -OCH3 is 1. The summed E-state index contributed by atoms with van der Waals surface area (Å²) >= 11 is 0. The van der Waals surface area contributed by atoms with E-state index in [9.17, 15) is 4.79 Å². The Morgan fingerprint density at radius 3 is 2.71 bits per heavy atom. The normalized spacial score (nSPS) is 18.4. The lowest BCUT2D eigenvalue weighted by Gasteiger charge is -2.37. The Balaban J connectivity index is 1.33. The second-order valence-electron chi connectivity index (χ2n) is 9.14. The molecule has 2 fully saturated rings. The van der Waals surface area contributed by atoms with Crippen LogP contribution in [-0.2, 0) is 4.79 Å². The van der Waals surface area contributed by atoms with Gasteiger partial charge in [0.15, 0.2) is 17.8 Å². The quantitative estimate of drug-likeness (QED) is 0.357. The number of rotatable bonds is 8. The summed E-state index contributed by atoms with van der Waals surface area (Å²) < 4.78 is 5.69. The molecule has 1 aliphatic heterocycles. The highest BCUT2D eigenvalue weighted by Gasteiger charge is 2.22. The highest BCUT2D eigenvalue weighted by molar-refractivity contribution is 5.84. The SMILES string of the molecule is COc1cc(N2CCN(C(N)C=O)CC2)ccc1Nc1nc(NC2CCCCC2)c2[nH]cnc2n1. The Morgan fingerprint density at radius 2 is 1.97 bits per heavy atom. The monoisotopic (exact) mass is 479 g/mol. The molecule has 1 aromatic carbocycles. The molecule has 3 aromatic rings. The number of hydrogen-bond donors (Lipinski definition) is 4. The number of aromatic nitrogens is 4. The molecule has 5 N–H and O–H groups in total. The van der Waals surface area contributed by atoms with Gasteiger partial charge in [-0.3, -0.25) is 4.90 Å². The smallest absolute Gasteiger partial charge is 0.231 e. The van der Waals surface area contributed by atoms with Crippen molar-refractivity contribution in [1.29, 1.82) is 0 Å². The number of aldehydes is 1. The third-order valence-corrected chi connectivity index (χ3v) is 6.90. The molecule has 1 saturated heterocycles. The van der Waals surface area contributed by atoms with Crippen molar-refractivity contribution in [3.63, 3.8) is 0 Å². The molecule has 1 atom stereocenters. The predicted molar refractivity (Wildman–Crippen MR) is 136 cm³/mol. The lowest BCUT2D eigenvalue weighted by molar-refractivity contribution is -0.112. The summed E-state index contributed by atoms with van der Waals surface area (Å²) in [6.07, 6.45) is 7.96. The third-order valence-electron chi connectivity index (χ3n) is 6.90. The van der Waals surface area contributed by atoms with E-state index in [4.69, 9.17) is 15.5 Å². The van der Waals surface area contributed by atoms with E-state index in [0.717, 1.165) is 68.0 Å². The van der Waals surface area contributed by atoms with Crippen molar-refractivity contribution in [2.45, 2.75) is 44.3 Å². The number of aromatic amines is 1. The van der Waals surface area contributed by atoms with E-state index in [1.165, 1.54) is 19.3 Å². The summed E-state index contributed by atoms with van der Waals surface area (Å²) in [5, 5.41) is 6.92. The maximum Gasteiger partial charge on any atom is 0.231 e. The predicted octanol–water partition coefficient (Wildman–Crippen LogP) is 2.46. The second-order valence-corrected chi connectivity index (χ2v) is 9.14. The summed E-state index contributed by atoms with van der Waals surface area (Å²) in [4.78, 5) is 32.1. The summed E-state index contributed by atoms with van der Waals surface area (Å²) in [6, 6.07) is 6.44. The third kappa shape index (κ3) is 5.15. The van der Waals surface area contributed by atoms with Gasteiger partial charge in [-0.25, -0.2) is 4.98 Å². The van der Waals surface area contributed by atoms with Gasteiger partial charge in [-0.05, 0) is 25.0 Å². The lowest BCUT2D eigenvalue weighted by Crippen LogP contribution is -2.53. The number of nitrogens with two attached hydrogens (primary N) is 1. The maximum absolute atomic E-state index is 11.0. The molecule has 186 valence electrons. The molecule has 1 unspecified atom stereocenters. The number of carbonyl (C=O) groups excluding carboxylic acids is 1. The number of benzene rings is 1. The molecule has 11 heteroatoms. The molecular formula is C24H33N9O2. The number of hydrogen-bond acceptors (Lipinski definition) is 10. The largest absolute Gasteiger partial charge is 0.494 e. The highest BCUT2D eigenvalue weighted by atomic mass is 16.5. The van der Waals surface area contributed by atoms with Crippen LogP contribution in [0.15, 0.2) is 24.5 Å². The van der Waals surface area contributed by atoms with E-state index in [1.807, 2.05) is 17.0 Å². The van der Waals surface area contributed by atoms with Crippen LogP contribution >= 0.6 is 0 Å². The summed E-state index contributed by atoms with van der Waals surface area (Å²) in [6.45, 7) is 3.03. The van der Waals surface area contributed by atoms with Gasteiger partial charge in [0.1, 0.15) is 17.4 Å². The molecule has 3 heterocycles. The zero-order chi connectivity index (χ0) is 24.2. The van der Waals surface area contributed by atoms with Gasteiger partial charge in [0.05, 0.1) is 19.1 Å². The minimum atomic E-state index is -0.539. The average Bonchev–Trinajstić information content (AvgIpc) is 3.38. The molecule has 0 amide bonds. The number of piperazine rings is 1. The molecule has 1 aliphatic carbocycles. The van der Waals surface area contributed by atoms with Crippen LogP contribution in [0.25, 0.3) is 11.2 Å². The average molecular weight is 480 g/mol. The van der Waals surface area contributed by atoms with Gasteiger partial charge in [-0.15, -0.1) is 0 Å². The van der Waals surface area contributed by atoms with Crippen LogP contribution in [-0.4, -0.2) is 76.6 Å². The van der Waals surface area contributed by atoms with Crippen LogP contribution in [0.2, 0.25) is 0 Å². The van der Waals surface area contributed by atoms with Crippen LogP contribution in [0, 0.1) is 0 Å². The second kappa shape index (κ2) is 10.4. The van der Waals surface area contributed by atoms with Gasteiger partial charge >= 0.3 is 0 Å². The zero-order valence-corrected chi connectivity index (χ0v) is 20.0. The van der Waals surface area contributed by atoms with E-state index in [1.54, 1.807) is 13.4 Å². The summed E-state index contributed by atoms with van der Waals surface area (Å²) in [5.41, 5.74) is 9.11. The van der Waals surface area contributed by atoms with Crippen molar-refractivity contribution < 1.29 is 9.53 Å². The minimum absolute atomic E-state index is 0.411. The Hall–Kier alpha value is -3.44. The van der Waals surface area contributed by atoms with Crippen LogP contribution < -0.4 is 26.0 Å². The molecule has 11 nitrogen and oxygen atoms in total. The van der Waals surface area contributed by atoms with Crippen LogP contribution in [0.1, 0.15) is 32.1 Å². The first-order chi connectivity index (χ1) is 17.1. The first-order valence-corrected chi connectivity index (χ1v) is 12.3.